The van der Waals surface area contributed by atoms with Crippen LogP contribution in [0.3, 0.4) is 0 Å². The van der Waals surface area contributed by atoms with Crippen molar-refractivity contribution in [2.75, 3.05) is 45.2 Å². The van der Waals surface area contributed by atoms with E-state index in [9.17, 15) is 19.7 Å². The number of esters is 1. The number of unbranched alkanes of at least 4 members (excludes halogenated alkanes) is 1. The number of hydrogen-bond acceptors (Lipinski definition) is 7. The summed E-state index contributed by atoms with van der Waals surface area (Å²) in [5.41, 5.74) is 0.326. The van der Waals surface area contributed by atoms with E-state index in [1.165, 1.54) is 18.2 Å². The number of rotatable bonds is 8. The summed E-state index contributed by atoms with van der Waals surface area (Å²) in [6.07, 6.45) is 1.85. The molecule has 0 aromatic heterocycles. The first kappa shape index (κ1) is 18.7. The summed E-state index contributed by atoms with van der Waals surface area (Å²) in [6, 6.07) is 4.01. The maximum absolute atomic E-state index is 12.1. The minimum atomic E-state index is -0.562. The largest absolute Gasteiger partial charge is 0.423 e. The van der Waals surface area contributed by atoms with Crippen LogP contribution >= 0.6 is 0 Å². The lowest BCUT2D eigenvalue weighted by Gasteiger charge is -2.28. The van der Waals surface area contributed by atoms with Crippen molar-refractivity contribution in [1.29, 1.82) is 0 Å². The second kappa shape index (κ2) is 8.43. The summed E-state index contributed by atoms with van der Waals surface area (Å²) >= 11 is 0. The van der Waals surface area contributed by atoms with Crippen molar-refractivity contribution in [3.05, 3.63) is 28.3 Å². The number of anilines is 1. The van der Waals surface area contributed by atoms with E-state index in [2.05, 4.69) is 10.2 Å². The van der Waals surface area contributed by atoms with Crippen molar-refractivity contribution in [3.63, 3.8) is 0 Å². The Bertz CT molecular complexity index is 662. The van der Waals surface area contributed by atoms with Gasteiger partial charge in [-0.3, -0.25) is 14.9 Å². The predicted molar refractivity (Wildman–Crippen MR) is 91.7 cm³/mol. The molecule has 0 saturated heterocycles. The van der Waals surface area contributed by atoms with Gasteiger partial charge in [0.25, 0.3) is 5.69 Å². The van der Waals surface area contributed by atoms with Crippen molar-refractivity contribution in [2.45, 2.75) is 12.8 Å². The van der Waals surface area contributed by atoms with Crippen LogP contribution in [0.15, 0.2) is 18.2 Å². The van der Waals surface area contributed by atoms with Crippen LogP contribution in [0.25, 0.3) is 0 Å². The Balaban J connectivity index is 1.93. The number of carbonyl (C=O) groups excluding carboxylic acids is 2. The number of nitrogens with one attached hydrogen (secondary N) is 1. The van der Waals surface area contributed by atoms with Crippen LogP contribution < -0.4 is 15.0 Å². The molecule has 0 radical (unpaired) electrons. The summed E-state index contributed by atoms with van der Waals surface area (Å²) in [5, 5.41) is 13.6. The monoisotopic (exact) mass is 350 g/mol. The molecule has 1 aliphatic heterocycles. The summed E-state index contributed by atoms with van der Waals surface area (Å²) in [7, 11) is 3.99. The number of nitro benzene ring substituents is 1. The molecule has 0 unspecified atom stereocenters. The number of benzene rings is 1. The third-order valence-electron chi connectivity index (χ3n) is 3.73. The third kappa shape index (κ3) is 5.42. The topological polar surface area (TPSA) is 105 Å². The van der Waals surface area contributed by atoms with Gasteiger partial charge in [-0.15, -0.1) is 0 Å². The number of fused-ring (bicyclic) bond motifs is 1. The average molecular weight is 350 g/mol. The number of nitrogens with zero attached hydrogens (tertiary/aromatic N) is 3. The number of ether oxygens (including phenoxy) is 1. The van der Waals surface area contributed by atoms with E-state index in [4.69, 9.17) is 4.74 Å². The van der Waals surface area contributed by atoms with Gasteiger partial charge in [0.15, 0.2) is 5.75 Å². The molecule has 1 aliphatic rings. The first-order valence-corrected chi connectivity index (χ1v) is 8.02. The maximum atomic E-state index is 12.1. The second-order valence-corrected chi connectivity index (χ2v) is 6.10. The molecule has 25 heavy (non-hydrogen) atoms. The van der Waals surface area contributed by atoms with Crippen LogP contribution in [0.1, 0.15) is 12.8 Å². The SMILES string of the molecule is CN(C)CCCCNC(=O)CN1CC(=O)Oc2cc([N+](=O)[O-])ccc21. The molecule has 0 aliphatic carbocycles. The molecule has 9 heteroatoms. The normalized spacial score (nSPS) is 13.4. The molecule has 0 saturated carbocycles. The highest BCUT2D eigenvalue weighted by Crippen LogP contribution is 2.34. The summed E-state index contributed by atoms with van der Waals surface area (Å²) in [4.78, 5) is 37.7. The first-order chi connectivity index (χ1) is 11.9. The van der Waals surface area contributed by atoms with E-state index in [1.54, 1.807) is 4.90 Å². The number of carbonyl (C=O) groups is 2. The third-order valence-corrected chi connectivity index (χ3v) is 3.73. The molecule has 0 bridgehead atoms. The van der Waals surface area contributed by atoms with Crippen molar-refractivity contribution in [1.82, 2.24) is 10.2 Å². The molecule has 9 nitrogen and oxygen atoms in total. The molecule has 1 amide bonds. The van der Waals surface area contributed by atoms with E-state index >= 15 is 0 Å². The average Bonchev–Trinajstić information content (AvgIpc) is 2.53. The molecular weight excluding hydrogens is 328 g/mol. The fourth-order valence-electron chi connectivity index (χ4n) is 2.51. The predicted octanol–water partition coefficient (Wildman–Crippen LogP) is 0.778. The lowest BCUT2D eigenvalue weighted by molar-refractivity contribution is -0.384. The highest BCUT2D eigenvalue weighted by atomic mass is 16.6. The first-order valence-electron chi connectivity index (χ1n) is 8.02. The number of hydrogen-bond donors (Lipinski definition) is 1. The second-order valence-electron chi connectivity index (χ2n) is 6.10. The van der Waals surface area contributed by atoms with Crippen LogP contribution in [-0.2, 0) is 9.59 Å². The number of nitro groups is 1. The molecule has 1 heterocycles. The number of non-ortho nitro benzene ring substituents is 1. The summed E-state index contributed by atoms with van der Waals surface area (Å²) in [6.45, 7) is 1.45. The van der Waals surface area contributed by atoms with Gasteiger partial charge in [-0.1, -0.05) is 0 Å². The molecule has 1 aromatic rings. The van der Waals surface area contributed by atoms with Crippen molar-refractivity contribution in [2.24, 2.45) is 0 Å². The Hall–Kier alpha value is -2.68. The highest BCUT2D eigenvalue weighted by Gasteiger charge is 2.27. The fourth-order valence-corrected chi connectivity index (χ4v) is 2.51. The van der Waals surface area contributed by atoms with Crippen LogP contribution in [0.5, 0.6) is 5.75 Å². The van der Waals surface area contributed by atoms with Gasteiger partial charge in [0, 0.05) is 12.6 Å². The van der Waals surface area contributed by atoms with Crippen LogP contribution in [-0.4, -0.2) is 62.0 Å². The van der Waals surface area contributed by atoms with Crippen LogP contribution in [0, 0.1) is 10.1 Å². The van der Waals surface area contributed by atoms with Gasteiger partial charge in [-0.25, -0.2) is 4.79 Å². The van der Waals surface area contributed by atoms with Crippen LogP contribution in [0.2, 0.25) is 0 Å². The van der Waals surface area contributed by atoms with Crippen LogP contribution in [0.4, 0.5) is 11.4 Å². The Morgan fingerprint density at radius 3 is 2.84 bits per heavy atom. The Morgan fingerprint density at radius 2 is 2.16 bits per heavy atom. The maximum Gasteiger partial charge on any atom is 0.331 e. The number of amides is 1. The van der Waals surface area contributed by atoms with Gasteiger partial charge in [-0.05, 0) is 39.5 Å². The van der Waals surface area contributed by atoms with Gasteiger partial charge < -0.3 is 19.9 Å². The van der Waals surface area contributed by atoms with E-state index in [-0.39, 0.29) is 30.4 Å². The molecule has 2 rings (SSSR count). The van der Waals surface area contributed by atoms with Gasteiger partial charge in [0.05, 0.1) is 23.2 Å². The Morgan fingerprint density at radius 1 is 1.40 bits per heavy atom. The minimum absolute atomic E-state index is 0.00636. The van der Waals surface area contributed by atoms with Crippen molar-refractivity contribution < 1.29 is 19.2 Å². The zero-order valence-corrected chi connectivity index (χ0v) is 14.4. The van der Waals surface area contributed by atoms with E-state index in [1.807, 2.05) is 14.1 Å². The Labute approximate surface area is 145 Å². The summed E-state index contributed by atoms with van der Waals surface area (Å²) < 4.78 is 5.05. The molecule has 0 fully saturated rings. The molecule has 1 N–H and O–H groups in total. The van der Waals surface area contributed by atoms with E-state index in [0.29, 0.717) is 12.2 Å². The van der Waals surface area contributed by atoms with Crippen molar-refractivity contribution >= 4 is 23.3 Å². The molecule has 1 aromatic carbocycles. The standard InChI is InChI=1S/C16H22N4O5/c1-18(2)8-4-3-7-17-15(21)10-19-11-16(22)25-14-9-12(20(23)24)5-6-13(14)19/h5-6,9H,3-4,7-8,10-11H2,1-2H3,(H,17,21). The van der Waals surface area contributed by atoms with Crippen molar-refractivity contribution in [3.8, 4) is 5.75 Å². The lowest BCUT2D eigenvalue weighted by Crippen LogP contribution is -2.43. The summed E-state index contributed by atoms with van der Waals surface area (Å²) in [5.74, 6) is -0.653. The Kier molecular flexibility index (Phi) is 6.29. The zero-order chi connectivity index (χ0) is 18.4. The van der Waals surface area contributed by atoms with Gasteiger partial charge >= 0.3 is 5.97 Å². The minimum Gasteiger partial charge on any atom is -0.423 e. The highest BCUT2D eigenvalue weighted by molar-refractivity contribution is 5.89. The zero-order valence-electron chi connectivity index (χ0n) is 14.4. The molecule has 136 valence electrons. The van der Waals surface area contributed by atoms with E-state index in [0.717, 1.165) is 19.4 Å². The fraction of sp³-hybridized carbons (Fsp3) is 0.500. The van der Waals surface area contributed by atoms with E-state index < -0.39 is 10.9 Å². The van der Waals surface area contributed by atoms with Gasteiger partial charge in [0.2, 0.25) is 5.91 Å². The molecular formula is C16H22N4O5. The lowest BCUT2D eigenvalue weighted by atomic mass is 10.2. The molecule has 0 atom stereocenters. The van der Waals surface area contributed by atoms with Gasteiger partial charge in [0.1, 0.15) is 6.54 Å². The smallest absolute Gasteiger partial charge is 0.331 e. The quantitative estimate of drug-likeness (QED) is 0.243. The molecule has 0 spiro atoms. The van der Waals surface area contributed by atoms with Gasteiger partial charge in [-0.2, -0.15) is 0 Å².